The second kappa shape index (κ2) is 7.00. The van der Waals surface area contributed by atoms with E-state index in [1.807, 2.05) is 17.0 Å². The van der Waals surface area contributed by atoms with E-state index in [1.165, 1.54) is 0 Å². The van der Waals surface area contributed by atoms with Crippen molar-refractivity contribution in [2.24, 2.45) is 11.8 Å². The average Bonchev–Trinajstić information content (AvgIpc) is 2.83. The summed E-state index contributed by atoms with van der Waals surface area (Å²) in [7, 11) is 0. The predicted molar refractivity (Wildman–Crippen MR) is 92.8 cm³/mol. The lowest BCUT2D eigenvalue weighted by Gasteiger charge is -2.38. The van der Waals surface area contributed by atoms with Gasteiger partial charge in [-0.15, -0.1) is 0 Å². The molecule has 2 aliphatic rings. The summed E-state index contributed by atoms with van der Waals surface area (Å²) in [4.78, 5) is 14.9. The van der Waals surface area contributed by atoms with E-state index in [4.69, 9.17) is 23.2 Å². The van der Waals surface area contributed by atoms with E-state index in [1.54, 1.807) is 6.07 Å². The maximum absolute atomic E-state index is 12.8. The molecule has 0 bridgehead atoms. The quantitative estimate of drug-likeness (QED) is 0.891. The lowest BCUT2D eigenvalue weighted by atomic mass is 9.83. The van der Waals surface area contributed by atoms with Gasteiger partial charge in [0, 0.05) is 28.5 Å². The smallest absolute Gasteiger partial charge is 0.226 e. The molecule has 4 atom stereocenters. The van der Waals surface area contributed by atoms with Crippen molar-refractivity contribution >= 4 is 29.1 Å². The molecule has 5 heteroatoms. The zero-order chi connectivity index (χ0) is 16.6. The fourth-order valence-corrected chi connectivity index (χ4v) is 4.53. The summed E-state index contributed by atoms with van der Waals surface area (Å²) in [6, 6.07) is 5.75. The van der Waals surface area contributed by atoms with Crippen LogP contribution in [0.1, 0.15) is 38.2 Å². The van der Waals surface area contributed by atoms with Crippen molar-refractivity contribution in [2.75, 3.05) is 6.54 Å². The topological polar surface area (TPSA) is 40.5 Å². The molecular weight excluding hydrogens is 333 g/mol. The van der Waals surface area contributed by atoms with E-state index in [-0.39, 0.29) is 24.0 Å². The Labute approximate surface area is 147 Å². The van der Waals surface area contributed by atoms with Crippen LogP contribution in [-0.4, -0.2) is 34.6 Å². The van der Waals surface area contributed by atoms with Gasteiger partial charge in [-0.05, 0) is 55.7 Å². The second-order valence-electron chi connectivity index (χ2n) is 6.97. The molecule has 1 aromatic carbocycles. The van der Waals surface area contributed by atoms with Crippen LogP contribution in [0, 0.1) is 11.8 Å². The number of nitrogens with zero attached hydrogens (tertiary/aromatic N) is 1. The summed E-state index contributed by atoms with van der Waals surface area (Å²) in [6.45, 7) is 2.96. The summed E-state index contributed by atoms with van der Waals surface area (Å²) in [6.07, 6.45) is 3.85. The van der Waals surface area contributed by atoms with Gasteiger partial charge in [-0.25, -0.2) is 0 Å². The maximum Gasteiger partial charge on any atom is 0.226 e. The Balaban J connectivity index is 1.67. The molecule has 2 unspecified atom stereocenters. The number of hydrogen-bond donors (Lipinski definition) is 1. The minimum Gasteiger partial charge on any atom is -0.393 e. The number of rotatable bonds is 3. The molecule has 0 aromatic heterocycles. The predicted octanol–water partition coefficient (Wildman–Crippen LogP) is 3.93. The van der Waals surface area contributed by atoms with Gasteiger partial charge in [-0.2, -0.15) is 0 Å². The molecule has 1 aromatic rings. The third-order valence-corrected chi connectivity index (χ3v) is 5.92. The Morgan fingerprint density at radius 2 is 2.04 bits per heavy atom. The number of aliphatic hydroxyl groups excluding tert-OH is 1. The molecule has 0 spiro atoms. The zero-order valence-corrected chi connectivity index (χ0v) is 14.9. The Morgan fingerprint density at radius 3 is 2.74 bits per heavy atom. The van der Waals surface area contributed by atoms with Gasteiger partial charge in [-0.1, -0.05) is 36.2 Å². The van der Waals surface area contributed by atoms with Crippen molar-refractivity contribution in [3.63, 3.8) is 0 Å². The molecule has 3 rings (SSSR count). The molecular formula is C18H23Cl2NO2. The highest BCUT2D eigenvalue weighted by Crippen LogP contribution is 2.34. The molecule has 23 heavy (non-hydrogen) atoms. The first-order chi connectivity index (χ1) is 11.0. The van der Waals surface area contributed by atoms with Crippen molar-refractivity contribution in [3.8, 4) is 0 Å². The van der Waals surface area contributed by atoms with E-state index >= 15 is 0 Å². The molecule has 1 N–H and O–H groups in total. The first-order valence-corrected chi connectivity index (χ1v) is 9.13. The molecule has 1 saturated carbocycles. The maximum atomic E-state index is 12.8. The molecule has 2 fully saturated rings. The van der Waals surface area contributed by atoms with Crippen LogP contribution >= 0.6 is 23.2 Å². The fraction of sp³-hybridized carbons (Fsp3) is 0.611. The van der Waals surface area contributed by atoms with E-state index in [9.17, 15) is 9.90 Å². The normalized spacial score (nSPS) is 31.7. The molecule has 0 radical (unpaired) electrons. The molecule has 1 aliphatic carbocycles. The number of aliphatic hydroxyl groups is 1. The Morgan fingerprint density at radius 1 is 1.26 bits per heavy atom. The monoisotopic (exact) mass is 355 g/mol. The number of likely N-dealkylation sites (tertiary alicyclic amines) is 1. The van der Waals surface area contributed by atoms with Crippen LogP contribution in [0.3, 0.4) is 0 Å². The van der Waals surface area contributed by atoms with Gasteiger partial charge >= 0.3 is 0 Å². The van der Waals surface area contributed by atoms with Crippen molar-refractivity contribution in [1.82, 2.24) is 4.90 Å². The van der Waals surface area contributed by atoms with Crippen LogP contribution in [-0.2, 0) is 11.2 Å². The largest absolute Gasteiger partial charge is 0.393 e. The summed E-state index contributed by atoms with van der Waals surface area (Å²) < 4.78 is 0. The number of carbonyl (C=O) groups excluding carboxylic acids is 1. The molecule has 1 amide bonds. The summed E-state index contributed by atoms with van der Waals surface area (Å²) in [5, 5.41) is 11.0. The van der Waals surface area contributed by atoms with Crippen molar-refractivity contribution < 1.29 is 9.90 Å². The number of amides is 1. The Bertz CT molecular complexity index is 592. The minimum atomic E-state index is -0.206. The van der Waals surface area contributed by atoms with Crippen LogP contribution in [0.2, 0.25) is 10.0 Å². The van der Waals surface area contributed by atoms with Crippen LogP contribution < -0.4 is 0 Å². The molecule has 3 nitrogen and oxygen atoms in total. The highest BCUT2D eigenvalue weighted by molar-refractivity contribution is 6.35. The third-order valence-electron chi connectivity index (χ3n) is 5.33. The number of halogens is 2. The van der Waals surface area contributed by atoms with E-state index in [0.29, 0.717) is 22.4 Å². The van der Waals surface area contributed by atoms with Gasteiger partial charge in [0.25, 0.3) is 0 Å². The average molecular weight is 356 g/mol. The standard InChI is InChI=1S/C18H23Cl2NO2/c1-11-8-15(22)4-5-17(11)21-7-6-13(18(21)23)9-12-2-3-14(19)10-16(12)20/h2-3,10-11,13,15,17,22H,4-9H2,1H3/t11-,13?,15+,17?/m1/s1. The SMILES string of the molecule is C[C@@H]1C[C@@H](O)CCC1N1CCC(Cc2ccc(Cl)cc2Cl)C1=O. The Kier molecular flexibility index (Phi) is 5.19. The summed E-state index contributed by atoms with van der Waals surface area (Å²) in [5.74, 6) is 0.609. The lowest BCUT2D eigenvalue weighted by Crippen LogP contribution is -2.45. The third kappa shape index (κ3) is 3.67. The van der Waals surface area contributed by atoms with Gasteiger partial charge in [0.2, 0.25) is 5.91 Å². The highest BCUT2D eigenvalue weighted by Gasteiger charge is 2.39. The molecule has 1 heterocycles. The van der Waals surface area contributed by atoms with Crippen molar-refractivity contribution in [1.29, 1.82) is 0 Å². The van der Waals surface area contributed by atoms with Crippen LogP contribution in [0.15, 0.2) is 18.2 Å². The van der Waals surface area contributed by atoms with Gasteiger partial charge in [0.15, 0.2) is 0 Å². The highest BCUT2D eigenvalue weighted by atomic mass is 35.5. The molecule has 1 saturated heterocycles. The fourth-order valence-electron chi connectivity index (χ4n) is 4.05. The molecule has 126 valence electrons. The van der Waals surface area contributed by atoms with Crippen molar-refractivity contribution in [3.05, 3.63) is 33.8 Å². The summed E-state index contributed by atoms with van der Waals surface area (Å²) >= 11 is 12.2. The van der Waals surface area contributed by atoms with E-state index in [2.05, 4.69) is 6.92 Å². The van der Waals surface area contributed by atoms with Gasteiger partial charge in [0.1, 0.15) is 0 Å². The number of benzene rings is 1. The minimum absolute atomic E-state index is 0.00715. The van der Waals surface area contributed by atoms with E-state index in [0.717, 1.165) is 37.8 Å². The van der Waals surface area contributed by atoms with Crippen molar-refractivity contribution in [2.45, 2.75) is 51.2 Å². The first-order valence-electron chi connectivity index (χ1n) is 8.38. The molecule has 1 aliphatic heterocycles. The van der Waals surface area contributed by atoms with Gasteiger partial charge < -0.3 is 10.0 Å². The Hall–Kier alpha value is -0.770. The van der Waals surface area contributed by atoms with Crippen LogP contribution in [0.5, 0.6) is 0 Å². The first kappa shape index (κ1) is 17.1. The zero-order valence-electron chi connectivity index (χ0n) is 13.3. The second-order valence-corrected chi connectivity index (χ2v) is 7.81. The van der Waals surface area contributed by atoms with Gasteiger partial charge in [0.05, 0.1) is 6.10 Å². The van der Waals surface area contributed by atoms with Crippen LogP contribution in [0.25, 0.3) is 0 Å². The lowest BCUT2D eigenvalue weighted by molar-refractivity contribution is -0.135. The summed E-state index contributed by atoms with van der Waals surface area (Å²) in [5.41, 5.74) is 0.989. The van der Waals surface area contributed by atoms with Gasteiger partial charge in [-0.3, -0.25) is 4.79 Å². The number of carbonyl (C=O) groups is 1. The number of hydrogen-bond acceptors (Lipinski definition) is 2. The van der Waals surface area contributed by atoms with E-state index < -0.39 is 0 Å². The van der Waals surface area contributed by atoms with Crippen LogP contribution in [0.4, 0.5) is 0 Å².